The highest BCUT2D eigenvalue weighted by Gasteiger charge is 2.67. The van der Waals surface area contributed by atoms with E-state index in [2.05, 4.69) is 17.3 Å². The van der Waals surface area contributed by atoms with Crippen molar-refractivity contribution >= 4 is 17.3 Å². The van der Waals surface area contributed by atoms with Crippen molar-refractivity contribution in [2.45, 2.75) is 39.0 Å². The van der Waals surface area contributed by atoms with Crippen LogP contribution in [0.1, 0.15) is 59.9 Å². The highest BCUT2D eigenvalue weighted by molar-refractivity contribution is 6.02. The number of nitrogens with zero attached hydrogens (tertiary/aromatic N) is 3. The van der Waals surface area contributed by atoms with Gasteiger partial charge in [0.1, 0.15) is 0 Å². The highest BCUT2D eigenvalue weighted by Crippen LogP contribution is 2.75. The molecule has 2 amide bonds. The van der Waals surface area contributed by atoms with Crippen LogP contribution in [0.3, 0.4) is 0 Å². The summed E-state index contributed by atoms with van der Waals surface area (Å²) in [6.07, 6.45) is 8.35. The number of carbonyl (C=O) groups is 2. The summed E-state index contributed by atoms with van der Waals surface area (Å²) >= 11 is 0. The molecule has 1 N–H and O–H groups in total. The van der Waals surface area contributed by atoms with E-state index < -0.39 is 0 Å². The molecule has 2 bridgehead atoms. The minimum atomic E-state index is -0.107. The molecule has 1 saturated heterocycles. The lowest BCUT2D eigenvalue weighted by molar-refractivity contribution is 0.0299. The van der Waals surface area contributed by atoms with Crippen LogP contribution < -0.4 is 5.32 Å². The number of nitrogens with one attached hydrogen (secondary N) is 1. The van der Waals surface area contributed by atoms with Gasteiger partial charge < -0.3 is 15.0 Å². The summed E-state index contributed by atoms with van der Waals surface area (Å²) < 4.78 is 6.98. The summed E-state index contributed by atoms with van der Waals surface area (Å²) in [5.74, 6) is 1.47. The fourth-order valence-electron chi connectivity index (χ4n) is 7.07. The molecule has 3 saturated carbocycles. The van der Waals surface area contributed by atoms with Gasteiger partial charge in [-0.25, -0.2) is 4.52 Å². The van der Waals surface area contributed by atoms with E-state index in [0.717, 1.165) is 18.4 Å². The SMILES string of the molecule is CC1CC2(CNC(=O)c3cccn4nc(C(=O)N5CCOCC5)cc34)CC3CC3(C1)C2. The third-order valence-electron chi connectivity index (χ3n) is 8.19. The van der Waals surface area contributed by atoms with Crippen LogP contribution in [0.5, 0.6) is 0 Å². The van der Waals surface area contributed by atoms with E-state index in [9.17, 15) is 9.59 Å². The quantitative estimate of drug-likeness (QED) is 0.822. The summed E-state index contributed by atoms with van der Waals surface area (Å²) in [5, 5.41) is 7.69. The Morgan fingerprint density at radius 2 is 2.06 bits per heavy atom. The number of carbonyl (C=O) groups excluding carboxylic acids is 2. The van der Waals surface area contributed by atoms with Crippen LogP contribution in [0.2, 0.25) is 0 Å². The van der Waals surface area contributed by atoms with Crippen LogP contribution >= 0.6 is 0 Å². The second-order valence-corrected chi connectivity index (χ2v) is 10.5. The van der Waals surface area contributed by atoms with E-state index in [1.54, 1.807) is 21.7 Å². The number of amides is 2. The first-order valence-corrected chi connectivity index (χ1v) is 11.6. The largest absolute Gasteiger partial charge is 0.378 e. The minimum Gasteiger partial charge on any atom is -0.378 e. The summed E-state index contributed by atoms with van der Waals surface area (Å²) in [4.78, 5) is 27.7. The Hall–Kier alpha value is -2.41. The molecule has 1 spiro atoms. The maximum atomic E-state index is 13.2. The fraction of sp³-hybridized carbons (Fsp3) is 0.625. The summed E-state index contributed by atoms with van der Waals surface area (Å²) in [7, 11) is 0. The van der Waals surface area contributed by atoms with Crippen LogP contribution in [0.25, 0.3) is 5.52 Å². The third kappa shape index (κ3) is 3.16. The van der Waals surface area contributed by atoms with Crippen LogP contribution in [0.15, 0.2) is 24.4 Å². The molecule has 1 aliphatic heterocycles. The molecule has 4 aliphatic rings. The predicted octanol–water partition coefficient (Wildman–Crippen LogP) is 2.75. The molecule has 4 fully saturated rings. The Labute approximate surface area is 182 Å². The lowest BCUT2D eigenvalue weighted by Gasteiger charge is -2.40. The van der Waals surface area contributed by atoms with Gasteiger partial charge in [0, 0.05) is 25.8 Å². The molecular weight excluding hydrogens is 392 g/mol. The number of morpholine rings is 1. The maximum Gasteiger partial charge on any atom is 0.274 e. The molecule has 0 aromatic carbocycles. The van der Waals surface area contributed by atoms with Crippen molar-refractivity contribution in [1.29, 1.82) is 0 Å². The smallest absolute Gasteiger partial charge is 0.274 e. The van der Waals surface area contributed by atoms with Gasteiger partial charge in [0.15, 0.2) is 5.69 Å². The van der Waals surface area contributed by atoms with Crippen molar-refractivity contribution in [1.82, 2.24) is 19.8 Å². The Bertz CT molecular complexity index is 1050. The van der Waals surface area contributed by atoms with E-state index in [1.807, 2.05) is 12.1 Å². The van der Waals surface area contributed by atoms with Crippen molar-refractivity contribution in [3.05, 3.63) is 35.7 Å². The highest BCUT2D eigenvalue weighted by atomic mass is 16.5. The number of fused-ring (bicyclic) bond motifs is 2. The molecular formula is C24H30N4O3. The molecule has 7 heteroatoms. The summed E-state index contributed by atoms with van der Waals surface area (Å²) in [5.41, 5.74) is 2.51. The standard InChI is InChI=1S/C24H30N4O3/c1-16-10-23(12-17-13-24(17,11-16)14-23)15-25-21(29)18-3-2-4-28-20(18)9-19(26-28)22(30)27-5-7-31-8-6-27/h2-4,9,16-17H,5-8,10-15H2,1H3,(H,25,29). The van der Waals surface area contributed by atoms with Gasteiger partial charge in [-0.1, -0.05) is 6.92 Å². The van der Waals surface area contributed by atoms with E-state index in [4.69, 9.17) is 4.74 Å². The molecule has 3 aliphatic carbocycles. The van der Waals surface area contributed by atoms with Crippen LogP contribution in [0, 0.1) is 22.7 Å². The van der Waals surface area contributed by atoms with Gasteiger partial charge in [0.2, 0.25) is 0 Å². The molecule has 0 radical (unpaired) electrons. The predicted molar refractivity (Wildman–Crippen MR) is 115 cm³/mol. The summed E-state index contributed by atoms with van der Waals surface area (Å²) in [6, 6.07) is 5.39. The molecule has 7 nitrogen and oxygen atoms in total. The zero-order chi connectivity index (χ0) is 21.2. The fourth-order valence-corrected chi connectivity index (χ4v) is 7.07. The molecule has 164 valence electrons. The number of ether oxygens (including phenoxy) is 1. The van der Waals surface area contributed by atoms with Gasteiger partial charge in [-0.2, -0.15) is 5.10 Å². The Morgan fingerprint density at radius 1 is 1.23 bits per heavy atom. The van der Waals surface area contributed by atoms with E-state index in [-0.39, 0.29) is 17.2 Å². The van der Waals surface area contributed by atoms with Crippen LogP contribution in [-0.4, -0.2) is 59.2 Å². The average Bonchev–Trinajstić information content (AvgIpc) is 3.11. The number of hydrogen-bond donors (Lipinski definition) is 1. The van der Waals surface area contributed by atoms with E-state index in [0.29, 0.717) is 48.5 Å². The zero-order valence-corrected chi connectivity index (χ0v) is 18.1. The molecule has 4 unspecified atom stereocenters. The van der Waals surface area contributed by atoms with Gasteiger partial charge in [-0.05, 0) is 73.0 Å². The van der Waals surface area contributed by atoms with Crippen molar-refractivity contribution in [3.63, 3.8) is 0 Å². The monoisotopic (exact) mass is 422 g/mol. The van der Waals surface area contributed by atoms with E-state index in [1.165, 1.54) is 32.1 Å². The van der Waals surface area contributed by atoms with Gasteiger partial charge in [-0.3, -0.25) is 9.59 Å². The van der Waals surface area contributed by atoms with Gasteiger partial charge >= 0.3 is 0 Å². The molecule has 6 rings (SSSR count). The van der Waals surface area contributed by atoms with Gasteiger partial charge in [0.25, 0.3) is 11.8 Å². The Morgan fingerprint density at radius 3 is 2.90 bits per heavy atom. The van der Waals surface area contributed by atoms with Crippen molar-refractivity contribution in [3.8, 4) is 0 Å². The topological polar surface area (TPSA) is 75.9 Å². The van der Waals surface area contributed by atoms with Crippen LogP contribution in [-0.2, 0) is 4.74 Å². The van der Waals surface area contributed by atoms with Crippen molar-refractivity contribution in [2.24, 2.45) is 22.7 Å². The Kier molecular flexibility index (Phi) is 4.23. The molecule has 2 aromatic rings. The van der Waals surface area contributed by atoms with E-state index >= 15 is 0 Å². The van der Waals surface area contributed by atoms with Crippen molar-refractivity contribution < 1.29 is 14.3 Å². The first-order chi connectivity index (χ1) is 15.0. The molecule has 3 heterocycles. The number of rotatable bonds is 4. The second kappa shape index (κ2) is 6.79. The lowest BCUT2D eigenvalue weighted by Crippen LogP contribution is -2.40. The van der Waals surface area contributed by atoms with Gasteiger partial charge in [0.05, 0.1) is 24.3 Å². The third-order valence-corrected chi connectivity index (χ3v) is 8.19. The average molecular weight is 423 g/mol. The molecule has 2 aromatic heterocycles. The first kappa shape index (κ1) is 19.3. The maximum absolute atomic E-state index is 13.2. The van der Waals surface area contributed by atoms with Crippen LogP contribution in [0.4, 0.5) is 0 Å². The Balaban J connectivity index is 1.20. The number of hydrogen-bond acceptors (Lipinski definition) is 4. The van der Waals surface area contributed by atoms with Gasteiger partial charge in [-0.15, -0.1) is 0 Å². The molecule has 4 atom stereocenters. The summed E-state index contributed by atoms with van der Waals surface area (Å²) in [6.45, 7) is 5.37. The molecule has 31 heavy (non-hydrogen) atoms. The minimum absolute atomic E-state index is 0.0712. The normalized spacial score (nSPS) is 33.9. The van der Waals surface area contributed by atoms with Crippen molar-refractivity contribution in [2.75, 3.05) is 32.8 Å². The number of aromatic nitrogens is 2. The number of pyridine rings is 1. The second-order valence-electron chi connectivity index (χ2n) is 10.5. The zero-order valence-electron chi connectivity index (χ0n) is 18.1. The lowest BCUT2D eigenvalue weighted by atomic mass is 9.67. The first-order valence-electron chi connectivity index (χ1n) is 11.6.